The van der Waals surface area contributed by atoms with Gasteiger partial charge in [0.2, 0.25) is 0 Å². The van der Waals surface area contributed by atoms with Crippen LogP contribution >= 0.6 is 15.0 Å². The first-order chi connectivity index (χ1) is 22.8. The van der Waals surface area contributed by atoms with Gasteiger partial charge in [-0.3, -0.25) is 28.0 Å². The summed E-state index contributed by atoms with van der Waals surface area (Å²) < 4.78 is 12.7. The third-order valence-electron chi connectivity index (χ3n) is 8.43. The lowest BCUT2D eigenvalue weighted by molar-refractivity contribution is 0.470. The lowest BCUT2D eigenvalue weighted by Crippen LogP contribution is -2.30. The van der Waals surface area contributed by atoms with Crippen molar-refractivity contribution in [3.05, 3.63) is 83.9 Å². The van der Waals surface area contributed by atoms with Crippen LogP contribution < -0.4 is 0 Å². The van der Waals surface area contributed by atoms with Crippen LogP contribution in [0.15, 0.2) is 103 Å². The second-order valence-electron chi connectivity index (χ2n) is 12.8. The molecule has 4 aromatic rings. The molecule has 0 amide bonds. The first-order valence-electron chi connectivity index (χ1n) is 15.8. The highest BCUT2D eigenvalue weighted by Gasteiger charge is 2.30. The van der Waals surface area contributed by atoms with Gasteiger partial charge in [-0.25, -0.2) is 0 Å². The highest BCUT2D eigenvalue weighted by molar-refractivity contribution is 7.59. The predicted molar refractivity (Wildman–Crippen MR) is 205 cm³/mol. The van der Waals surface area contributed by atoms with Crippen molar-refractivity contribution >= 4 is 36.6 Å². The summed E-state index contributed by atoms with van der Waals surface area (Å²) in [6, 6.07) is 25.7. The van der Waals surface area contributed by atoms with Crippen LogP contribution in [0.25, 0.3) is 32.7 Å². The molecule has 0 bridgehead atoms. The molecule has 4 rings (SSSR count). The Labute approximate surface area is 287 Å². The van der Waals surface area contributed by atoms with E-state index in [1.807, 2.05) is 84.6 Å². The van der Waals surface area contributed by atoms with Crippen LogP contribution in [0, 0.1) is 0 Å². The van der Waals surface area contributed by atoms with Crippen LogP contribution in [0.4, 0.5) is 0 Å². The predicted octanol–water partition coefficient (Wildman–Crippen LogP) is 8.66. The van der Waals surface area contributed by atoms with Gasteiger partial charge in [0.1, 0.15) is 0 Å². The lowest BCUT2D eigenvalue weighted by Gasteiger charge is -2.39. The molecule has 48 heavy (non-hydrogen) atoms. The Bertz CT molecular complexity index is 1700. The standard InChI is InChI=1S/C34H52N12P2/c1-41(2)47(42(3)4,43(5)6)39-37-35-25-29-23-21-27-17-13-15-19-31(27)33(29)34-30(24-22-28-18-14-16-20-32(28)34)26-36-38-40-48(44(7)8,45(9)10)46(11)12/h13-24H,25-26H2,1-12H3. The molecule has 14 heteroatoms. The first-order valence-corrected chi connectivity index (χ1v) is 19.0. The summed E-state index contributed by atoms with van der Waals surface area (Å²) in [5, 5.41) is 22.8. The fraction of sp³-hybridized carbons (Fsp3) is 0.412. The van der Waals surface area contributed by atoms with Crippen molar-refractivity contribution < 1.29 is 0 Å². The number of hydrogen-bond donors (Lipinski definition) is 0. The van der Waals surface area contributed by atoms with E-state index in [1.54, 1.807) is 0 Å². The van der Waals surface area contributed by atoms with Gasteiger partial charge < -0.3 is 0 Å². The van der Waals surface area contributed by atoms with Gasteiger partial charge in [-0.1, -0.05) is 72.8 Å². The highest BCUT2D eigenvalue weighted by Crippen LogP contribution is 2.55. The molecule has 0 N–H and O–H groups in total. The zero-order valence-corrected chi connectivity index (χ0v) is 32.4. The number of rotatable bonds is 13. The summed E-state index contributed by atoms with van der Waals surface area (Å²) in [6.07, 6.45) is 0. The van der Waals surface area contributed by atoms with Gasteiger partial charge in [0.15, 0.2) is 15.0 Å². The molecule has 0 atom stereocenters. The second-order valence-corrected chi connectivity index (χ2v) is 20.1. The molecule has 0 spiro atoms. The Morgan fingerprint density at radius 2 is 0.729 bits per heavy atom. The van der Waals surface area contributed by atoms with E-state index in [9.17, 15) is 0 Å². The molecule has 0 aliphatic heterocycles. The maximum atomic E-state index is 4.81. The van der Waals surface area contributed by atoms with E-state index < -0.39 is 15.0 Å². The quantitative estimate of drug-likeness (QED) is 0.0792. The largest absolute Gasteiger partial charge is 0.250 e. The Balaban J connectivity index is 1.90. The Kier molecular flexibility index (Phi) is 12.6. The van der Waals surface area contributed by atoms with Gasteiger partial charge >= 0.3 is 0 Å². The minimum Gasteiger partial charge on any atom is -0.250 e. The average molecular weight is 691 g/mol. The number of benzene rings is 4. The molecule has 0 unspecified atom stereocenters. The fourth-order valence-electron chi connectivity index (χ4n) is 6.49. The van der Waals surface area contributed by atoms with Crippen LogP contribution in [-0.4, -0.2) is 113 Å². The molecule has 0 aliphatic carbocycles. The summed E-state index contributed by atoms with van der Waals surface area (Å²) in [5.41, 5.74) is 4.37. The van der Waals surface area contributed by atoms with Gasteiger partial charge in [-0.05, 0) is 139 Å². The average Bonchev–Trinajstić information content (AvgIpc) is 3.03. The molecule has 258 valence electrons. The first kappa shape index (κ1) is 37.6. The third kappa shape index (κ3) is 7.37. The van der Waals surface area contributed by atoms with Crippen molar-refractivity contribution in [2.45, 2.75) is 13.1 Å². The van der Waals surface area contributed by atoms with Crippen molar-refractivity contribution in [2.75, 3.05) is 84.6 Å². The van der Waals surface area contributed by atoms with Gasteiger partial charge in [0.05, 0.1) is 13.1 Å². The fourth-order valence-corrected chi connectivity index (χ4v) is 12.1. The summed E-state index contributed by atoms with van der Waals surface area (Å²) in [4.78, 5) is 9.62. The summed E-state index contributed by atoms with van der Waals surface area (Å²) in [7, 11) is 20.0. The van der Waals surface area contributed by atoms with Crippen LogP contribution in [0.5, 0.6) is 0 Å². The van der Waals surface area contributed by atoms with Crippen molar-refractivity contribution in [1.29, 1.82) is 0 Å². The molecular weight excluding hydrogens is 638 g/mol. The minimum absolute atomic E-state index is 0.374. The molecule has 4 aromatic carbocycles. The van der Waals surface area contributed by atoms with Crippen molar-refractivity contribution in [2.24, 2.45) is 30.4 Å². The smallest absolute Gasteiger partial charge is 0.193 e. The molecule has 0 aromatic heterocycles. The normalized spacial score (nSPS) is 13.3. The topological polar surface area (TPSA) is 93.6 Å². The minimum atomic E-state index is -2.20. The van der Waals surface area contributed by atoms with Crippen LogP contribution in [0.2, 0.25) is 0 Å². The van der Waals surface area contributed by atoms with E-state index in [1.165, 1.54) is 0 Å². The van der Waals surface area contributed by atoms with E-state index in [2.05, 4.69) is 121 Å². The van der Waals surface area contributed by atoms with Gasteiger partial charge in [-0.15, -0.1) is 9.71 Å². The number of nitrogens with zero attached hydrogens (tertiary/aromatic N) is 12. The summed E-state index contributed by atoms with van der Waals surface area (Å²) in [6.45, 7) is 0.748. The van der Waals surface area contributed by atoms with E-state index in [0.717, 1.165) is 43.8 Å². The van der Waals surface area contributed by atoms with Crippen molar-refractivity contribution in [3.63, 3.8) is 0 Å². The van der Waals surface area contributed by atoms with Gasteiger partial charge in [0, 0.05) is 0 Å². The Morgan fingerprint density at radius 1 is 0.417 bits per heavy atom. The summed E-state index contributed by atoms with van der Waals surface area (Å²) >= 11 is 0. The highest BCUT2D eigenvalue weighted by atomic mass is 31.2. The number of hydrogen-bond acceptors (Lipinski definition) is 2. The summed E-state index contributed by atoms with van der Waals surface area (Å²) in [5.74, 6) is 0. The number of fused-ring (bicyclic) bond motifs is 2. The zero-order valence-electron chi connectivity index (χ0n) is 30.6. The molecule has 0 radical (unpaired) electrons. The Morgan fingerprint density at radius 3 is 1.04 bits per heavy atom. The van der Waals surface area contributed by atoms with Crippen LogP contribution in [0.3, 0.4) is 0 Å². The van der Waals surface area contributed by atoms with Crippen LogP contribution in [-0.2, 0) is 13.1 Å². The van der Waals surface area contributed by atoms with E-state index in [-0.39, 0.29) is 0 Å². The van der Waals surface area contributed by atoms with Gasteiger partial charge in [-0.2, -0.15) is 10.2 Å². The SMILES string of the molecule is CN(C)P(=NN=NCc1ccc2ccccc2c1-c1c(CN=NN=P(N(C)C)(N(C)C)N(C)C)ccc2ccccc12)(N(C)C)N(C)C. The molecule has 0 saturated heterocycles. The lowest BCUT2D eigenvalue weighted by atomic mass is 9.87. The molecule has 0 aliphatic rings. The molecule has 0 fully saturated rings. The molecule has 12 nitrogen and oxygen atoms in total. The van der Waals surface area contributed by atoms with E-state index in [0.29, 0.717) is 13.1 Å². The van der Waals surface area contributed by atoms with E-state index in [4.69, 9.17) is 9.71 Å². The van der Waals surface area contributed by atoms with E-state index >= 15 is 0 Å². The van der Waals surface area contributed by atoms with Crippen molar-refractivity contribution in [1.82, 2.24) is 28.0 Å². The monoisotopic (exact) mass is 690 g/mol. The zero-order chi connectivity index (χ0) is 35.2. The molecule has 0 saturated carbocycles. The molecular formula is C34H52N12P2. The van der Waals surface area contributed by atoms with Crippen LogP contribution in [0.1, 0.15) is 11.1 Å². The third-order valence-corrected chi connectivity index (χ3v) is 15.5. The van der Waals surface area contributed by atoms with Gasteiger partial charge in [0.25, 0.3) is 0 Å². The second kappa shape index (κ2) is 16.0. The van der Waals surface area contributed by atoms with Crippen molar-refractivity contribution in [3.8, 4) is 11.1 Å². The maximum Gasteiger partial charge on any atom is 0.193 e. The molecule has 0 heterocycles. The maximum absolute atomic E-state index is 4.81. The Hall–Kier alpha value is -3.18.